The van der Waals surface area contributed by atoms with Crippen LogP contribution in [0.3, 0.4) is 0 Å². The molecule has 5 nitrogen and oxygen atoms in total. The Morgan fingerprint density at radius 1 is 0.591 bits per heavy atom. The van der Waals surface area contributed by atoms with E-state index < -0.39 is 0 Å². The number of aromatic nitrogens is 1. The molecule has 2 heterocycles. The number of rotatable bonds is 8. The van der Waals surface area contributed by atoms with Crippen LogP contribution in [0.15, 0.2) is 227 Å². The molecular formula is C61H44N4O. The second-order valence-electron chi connectivity index (χ2n) is 17.2. The summed E-state index contributed by atoms with van der Waals surface area (Å²) >= 11 is 0. The van der Waals surface area contributed by atoms with Gasteiger partial charge in [0.2, 0.25) is 0 Å². The highest BCUT2D eigenvalue weighted by Crippen LogP contribution is 2.51. The molecule has 0 bridgehead atoms. The Morgan fingerprint density at radius 3 is 2.09 bits per heavy atom. The standard InChI is InChI=1S/C61H44N4O/c1-38(40-28-30-42(31-29-40)41-16-5-3-6-17-41)63-61(52-25-15-24-50-48-22-12-14-27-57(48)66-60(50)52)64-39(2)43-32-33-44(54(62)37-43)36-53-47-21-10-9-20-46(47)49-34-35-56-59(58(49)53)51-23-11-13-26-55(51)65(56)45-18-7-4-8-19-45/h3-35,37,53H,1,36,62H2,2H3/t53-/m1/s1. The minimum absolute atomic E-state index is 0.105. The van der Waals surface area contributed by atoms with Crippen molar-refractivity contribution in [3.8, 4) is 27.9 Å². The molecule has 2 aromatic heterocycles. The first-order chi connectivity index (χ1) is 32.5. The van der Waals surface area contributed by atoms with Crippen molar-refractivity contribution >= 4 is 66.7 Å². The van der Waals surface area contributed by atoms with Gasteiger partial charge in [-0.1, -0.05) is 170 Å². The molecule has 1 atom stereocenters. The number of nitrogens with zero attached hydrogens (tertiary/aromatic N) is 3. The Bertz CT molecular complexity index is 3760. The smallest absolute Gasteiger partial charge is 0.163 e. The number of benzene rings is 9. The maximum absolute atomic E-state index is 7.11. The number of fused-ring (bicyclic) bond motifs is 10. The van der Waals surface area contributed by atoms with Gasteiger partial charge in [-0.2, -0.15) is 0 Å². The Kier molecular flexibility index (Phi) is 9.42. The van der Waals surface area contributed by atoms with E-state index in [1.807, 2.05) is 43.3 Å². The van der Waals surface area contributed by atoms with Crippen LogP contribution in [0.4, 0.5) is 5.69 Å². The van der Waals surface area contributed by atoms with Crippen molar-refractivity contribution in [3.05, 3.63) is 246 Å². The number of hydrogen-bond acceptors (Lipinski definition) is 3. The van der Waals surface area contributed by atoms with Crippen LogP contribution >= 0.6 is 0 Å². The zero-order valence-electron chi connectivity index (χ0n) is 36.4. The van der Waals surface area contributed by atoms with E-state index in [0.717, 1.165) is 78.8 Å². The molecule has 0 aliphatic heterocycles. The second kappa shape index (κ2) is 15.9. The molecule has 2 N–H and O–H groups in total. The van der Waals surface area contributed by atoms with Gasteiger partial charge in [-0.25, -0.2) is 9.98 Å². The minimum atomic E-state index is 0.105. The first kappa shape index (κ1) is 39.1. The molecule has 0 radical (unpaired) electrons. The average Bonchev–Trinajstić information content (AvgIpc) is 4.02. The van der Waals surface area contributed by atoms with Crippen molar-refractivity contribution in [1.82, 2.24) is 4.57 Å². The number of anilines is 1. The third-order valence-corrected chi connectivity index (χ3v) is 13.3. The van der Waals surface area contributed by atoms with E-state index >= 15 is 0 Å². The Morgan fingerprint density at radius 2 is 1.27 bits per heavy atom. The molecule has 0 amide bonds. The molecule has 1 aliphatic carbocycles. The molecule has 0 spiro atoms. The van der Waals surface area contributed by atoms with Crippen molar-refractivity contribution in [1.29, 1.82) is 0 Å². The van der Waals surface area contributed by atoms with Gasteiger partial charge in [0.1, 0.15) is 11.2 Å². The number of hydrogen-bond donors (Lipinski definition) is 1. The van der Waals surface area contributed by atoms with Crippen molar-refractivity contribution in [2.45, 2.75) is 19.3 Å². The van der Waals surface area contributed by atoms with E-state index in [0.29, 0.717) is 11.5 Å². The van der Waals surface area contributed by atoms with Crippen molar-refractivity contribution in [2.24, 2.45) is 9.98 Å². The summed E-state index contributed by atoms with van der Waals surface area (Å²) in [6.07, 6.45) is 0.750. The highest BCUT2D eigenvalue weighted by Gasteiger charge is 2.33. The maximum atomic E-state index is 7.11. The van der Waals surface area contributed by atoms with Crippen LogP contribution in [0, 0.1) is 0 Å². The van der Waals surface area contributed by atoms with E-state index in [1.165, 1.54) is 44.1 Å². The molecule has 0 saturated heterocycles. The van der Waals surface area contributed by atoms with Crippen molar-refractivity contribution < 1.29 is 4.42 Å². The predicted octanol–water partition coefficient (Wildman–Crippen LogP) is 15.2. The number of nitrogens with two attached hydrogens (primary N) is 1. The van der Waals surface area contributed by atoms with Crippen molar-refractivity contribution in [2.75, 3.05) is 5.73 Å². The molecule has 12 rings (SSSR count). The van der Waals surface area contributed by atoms with Gasteiger partial charge in [0.15, 0.2) is 5.84 Å². The molecule has 11 aromatic rings. The van der Waals surface area contributed by atoms with Gasteiger partial charge in [-0.15, -0.1) is 0 Å². The molecule has 0 saturated carbocycles. The lowest BCUT2D eigenvalue weighted by molar-refractivity contribution is 0.668. The van der Waals surface area contributed by atoms with Gasteiger partial charge in [-0.05, 0) is 106 Å². The van der Waals surface area contributed by atoms with Gasteiger partial charge < -0.3 is 14.7 Å². The van der Waals surface area contributed by atoms with Crippen LogP contribution < -0.4 is 5.73 Å². The van der Waals surface area contributed by atoms with Crippen molar-refractivity contribution in [3.63, 3.8) is 0 Å². The average molecular weight is 849 g/mol. The summed E-state index contributed by atoms with van der Waals surface area (Å²) in [6, 6.07) is 72.3. The quantitative estimate of drug-likeness (QED) is 0.0940. The summed E-state index contributed by atoms with van der Waals surface area (Å²) in [6.45, 7) is 6.46. The van der Waals surface area contributed by atoms with Crippen LogP contribution in [-0.2, 0) is 6.42 Å². The van der Waals surface area contributed by atoms with E-state index in [2.05, 4.69) is 181 Å². The van der Waals surface area contributed by atoms with Gasteiger partial charge in [0, 0.05) is 44.5 Å². The fourth-order valence-electron chi connectivity index (χ4n) is 10.1. The van der Waals surface area contributed by atoms with Crippen LogP contribution in [0.1, 0.15) is 46.2 Å². The number of nitrogen functional groups attached to an aromatic ring is 1. The van der Waals surface area contributed by atoms with Gasteiger partial charge in [-0.3, -0.25) is 0 Å². The first-order valence-electron chi connectivity index (χ1n) is 22.5. The highest BCUT2D eigenvalue weighted by molar-refractivity contribution is 6.20. The first-order valence-corrected chi connectivity index (χ1v) is 22.5. The normalized spacial score (nSPS) is 13.7. The molecule has 66 heavy (non-hydrogen) atoms. The van der Waals surface area contributed by atoms with Crippen LogP contribution in [-0.4, -0.2) is 16.1 Å². The number of furan rings is 1. The number of amidine groups is 1. The fourth-order valence-corrected chi connectivity index (χ4v) is 10.1. The summed E-state index contributed by atoms with van der Waals surface area (Å²) in [5.74, 6) is 0.614. The highest BCUT2D eigenvalue weighted by atomic mass is 16.3. The van der Waals surface area contributed by atoms with E-state index in [9.17, 15) is 0 Å². The van der Waals surface area contributed by atoms with E-state index in [-0.39, 0.29) is 5.92 Å². The Balaban J connectivity index is 0.932. The summed E-state index contributed by atoms with van der Waals surface area (Å²) in [5.41, 5.74) is 25.6. The summed E-state index contributed by atoms with van der Waals surface area (Å²) in [5, 5.41) is 4.60. The van der Waals surface area contributed by atoms with Crippen LogP contribution in [0.2, 0.25) is 0 Å². The number of aliphatic imine (C=N–C) groups is 2. The molecule has 1 aliphatic rings. The molecule has 314 valence electrons. The lowest BCUT2D eigenvalue weighted by atomic mass is 9.87. The van der Waals surface area contributed by atoms with E-state index in [1.54, 1.807) is 0 Å². The molecule has 0 fully saturated rings. The van der Waals surface area contributed by atoms with Gasteiger partial charge in [0.05, 0.1) is 22.3 Å². The second-order valence-corrected chi connectivity index (χ2v) is 17.2. The monoisotopic (exact) mass is 848 g/mol. The largest absolute Gasteiger partial charge is 0.455 e. The number of para-hydroxylation sites is 4. The third-order valence-electron chi connectivity index (χ3n) is 13.3. The maximum Gasteiger partial charge on any atom is 0.163 e. The van der Waals surface area contributed by atoms with Crippen LogP contribution in [0.5, 0.6) is 0 Å². The topological polar surface area (TPSA) is 68.8 Å². The van der Waals surface area contributed by atoms with Crippen LogP contribution in [0.25, 0.3) is 77.4 Å². The molecule has 5 heteroatoms. The SMILES string of the molecule is C=C(N=C(N=C(C)c1ccc(C[C@@H]2c3ccccc3-c3ccc4c(c32)c2ccccc2n4-c2ccccc2)c(N)c1)c1cccc2c1oc1ccccc12)c1ccc(-c2ccccc2)cc1. The molecule has 0 unspecified atom stereocenters. The lowest BCUT2D eigenvalue weighted by Crippen LogP contribution is -2.08. The lowest BCUT2D eigenvalue weighted by Gasteiger charge is -2.17. The minimum Gasteiger partial charge on any atom is -0.455 e. The Labute approximate surface area is 383 Å². The van der Waals surface area contributed by atoms with Gasteiger partial charge in [0.25, 0.3) is 0 Å². The zero-order chi connectivity index (χ0) is 44.3. The van der Waals surface area contributed by atoms with E-state index in [4.69, 9.17) is 20.1 Å². The summed E-state index contributed by atoms with van der Waals surface area (Å²) in [7, 11) is 0. The molecule has 9 aromatic carbocycles. The predicted molar refractivity (Wildman–Crippen MR) is 276 cm³/mol. The van der Waals surface area contributed by atoms with Gasteiger partial charge >= 0.3 is 0 Å². The fraction of sp³-hybridized carbons (Fsp3) is 0.0492. The summed E-state index contributed by atoms with van der Waals surface area (Å²) < 4.78 is 8.93. The third kappa shape index (κ3) is 6.55. The Hall–Kier alpha value is -8.54. The zero-order valence-corrected chi connectivity index (χ0v) is 36.4. The molecular weight excluding hydrogens is 805 g/mol. The summed E-state index contributed by atoms with van der Waals surface area (Å²) in [4.78, 5) is 10.4.